The Balaban J connectivity index is 2.04. The minimum atomic E-state index is -1.80. The van der Waals surface area contributed by atoms with Crippen molar-refractivity contribution in [1.82, 2.24) is 0 Å². The summed E-state index contributed by atoms with van der Waals surface area (Å²) in [6.07, 6.45) is 0. The zero-order valence-electron chi connectivity index (χ0n) is 13.4. The highest BCUT2D eigenvalue weighted by atomic mass is 16.6. The van der Waals surface area contributed by atoms with Crippen molar-refractivity contribution in [3.8, 4) is 0 Å². The molecule has 0 saturated carbocycles. The first kappa shape index (κ1) is 16.1. The van der Waals surface area contributed by atoms with Crippen molar-refractivity contribution < 1.29 is 19.1 Å². The van der Waals surface area contributed by atoms with Gasteiger partial charge in [-0.05, 0) is 11.1 Å². The monoisotopic (exact) mass is 322 g/mol. The molecule has 0 bridgehead atoms. The molecule has 122 valence electrons. The van der Waals surface area contributed by atoms with Crippen LogP contribution in [-0.2, 0) is 14.3 Å². The molecule has 2 aromatic carbocycles. The molecule has 2 aromatic rings. The second kappa shape index (κ2) is 6.42. The van der Waals surface area contributed by atoms with Gasteiger partial charge in [0.05, 0.1) is 13.7 Å². The largest absolute Gasteiger partial charge is 0.466 e. The molecule has 1 aliphatic rings. The van der Waals surface area contributed by atoms with E-state index in [4.69, 9.17) is 9.47 Å². The van der Waals surface area contributed by atoms with Gasteiger partial charge in [0, 0.05) is 11.5 Å². The molecular formula is C20H18O4. The van der Waals surface area contributed by atoms with Gasteiger partial charge < -0.3 is 9.47 Å². The van der Waals surface area contributed by atoms with Crippen LogP contribution in [0.1, 0.15) is 21.8 Å². The number of ketones is 1. The molecule has 1 unspecified atom stereocenters. The van der Waals surface area contributed by atoms with E-state index in [0.29, 0.717) is 11.1 Å². The van der Waals surface area contributed by atoms with Crippen LogP contribution < -0.4 is 0 Å². The molecular weight excluding hydrogens is 304 g/mol. The van der Waals surface area contributed by atoms with E-state index in [1.54, 1.807) is 30.3 Å². The minimum absolute atomic E-state index is 0.205. The van der Waals surface area contributed by atoms with Crippen LogP contribution in [0, 0.1) is 0 Å². The standard InChI is InChI=1S/C20H18O4/c1-14-17(15-9-5-3-6-10-15)13-24-20(14,19(22)23-2)18(21)16-11-7-4-8-12-16/h3-12,17H,1,13H2,2H3/t17-,20?/m1/s1. The van der Waals surface area contributed by atoms with E-state index in [1.165, 1.54) is 7.11 Å². The van der Waals surface area contributed by atoms with Crippen molar-refractivity contribution >= 4 is 11.8 Å². The summed E-state index contributed by atoms with van der Waals surface area (Å²) in [5.74, 6) is -1.42. The molecule has 4 nitrogen and oxygen atoms in total. The van der Waals surface area contributed by atoms with E-state index in [9.17, 15) is 9.59 Å². The molecule has 0 N–H and O–H groups in total. The zero-order chi connectivity index (χ0) is 17.2. The summed E-state index contributed by atoms with van der Waals surface area (Å²) in [5.41, 5.74) is -0.0438. The Morgan fingerprint density at radius 2 is 1.67 bits per heavy atom. The van der Waals surface area contributed by atoms with E-state index in [-0.39, 0.29) is 12.5 Å². The van der Waals surface area contributed by atoms with Crippen molar-refractivity contribution in [2.24, 2.45) is 0 Å². The molecule has 2 atom stereocenters. The first-order chi connectivity index (χ1) is 11.6. The SMILES string of the molecule is C=C1[C@H](c2ccccc2)COC1(C(=O)OC)C(=O)c1ccccc1. The third-order valence-corrected chi connectivity index (χ3v) is 4.37. The van der Waals surface area contributed by atoms with E-state index in [2.05, 4.69) is 6.58 Å². The lowest BCUT2D eigenvalue weighted by atomic mass is 9.80. The van der Waals surface area contributed by atoms with Crippen molar-refractivity contribution in [3.05, 3.63) is 83.9 Å². The van der Waals surface area contributed by atoms with Crippen LogP contribution in [-0.4, -0.2) is 31.1 Å². The second-order valence-electron chi connectivity index (χ2n) is 5.67. The van der Waals surface area contributed by atoms with E-state index in [0.717, 1.165) is 5.56 Å². The number of Topliss-reactive ketones (excluding diaryl/α,β-unsaturated/α-hetero) is 1. The molecule has 0 radical (unpaired) electrons. The molecule has 3 rings (SSSR count). The molecule has 0 spiro atoms. The van der Waals surface area contributed by atoms with Crippen molar-refractivity contribution in [2.45, 2.75) is 11.5 Å². The quantitative estimate of drug-likeness (QED) is 0.375. The first-order valence-electron chi connectivity index (χ1n) is 7.67. The fourth-order valence-corrected chi connectivity index (χ4v) is 3.06. The average molecular weight is 322 g/mol. The van der Waals surface area contributed by atoms with Crippen molar-refractivity contribution in [1.29, 1.82) is 0 Å². The van der Waals surface area contributed by atoms with Crippen LogP contribution in [0.2, 0.25) is 0 Å². The van der Waals surface area contributed by atoms with E-state index < -0.39 is 17.4 Å². The van der Waals surface area contributed by atoms with Gasteiger partial charge in [-0.2, -0.15) is 0 Å². The lowest BCUT2D eigenvalue weighted by Gasteiger charge is -2.26. The summed E-state index contributed by atoms with van der Waals surface area (Å²) < 4.78 is 10.7. The maximum atomic E-state index is 13.1. The molecule has 1 fully saturated rings. The van der Waals surface area contributed by atoms with Crippen LogP contribution in [0.5, 0.6) is 0 Å². The number of methoxy groups -OCH3 is 1. The Hall–Kier alpha value is -2.72. The van der Waals surface area contributed by atoms with E-state index in [1.807, 2.05) is 30.3 Å². The molecule has 24 heavy (non-hydrogen) atoms. The third-order valence-electron chi connectivity index (χ3n) is 4.37. The minimum Gasteiger partial charge on any atom is -0.466 e. The number of carbonyl (C=O) groups excluding carboxylic acids is 2. The molecule has 0 aromatic heterocycles. The third kappa shape index (κ3) is 2.45. The fraction of sp³-hybridized carbons (Fsp3) is 0.200. The van der Waals surface area contributed by atoms with Crippen LogP contribution in [0.15, 0.2) is 72.8 Å². The Kier molecular flexibility index (Phi) is 4.32. The molecule has 4 heteroatoms. The first-order valence-corrected chi connectivity index (χ1v) is 7.67. The Bertz CT molecular complexity index is 767. The topological polar surface area (TPSA) is 52.6 Å². The highest BCUT2D eigenvalue weighted by molar-refractivity contribution is 6.18. The number of esters is 1. The van der Waals surface area contributed by atoms with Crippen molar-refractivity contribution in [3.63, 3.8) is 0 Å². The maximum absolute atomic E-state index is 13.1. The average Bonchev–Trinajstić information content (AvgIpc) is 3.00. The summed E-state index contributed by atoms with van der Waals surface area (Å²) >= 11 is 0. The van der Waals surface area contributed by atoms with Gasteiger partial charge in [0.25, 0.3) is 0 Å². The summed E-state index contributed by atoms with van der Waals surface area (Å²) in [6, 6.07) is 18.2. The van der Waals surface area contributed by atoms with Crippen molar-refractivity contribution in [2.75, 3.05) is 13.7 Å². The lowest BCUT2D eigenvalue weighted by Crippen LogP contribution is -2.48. The lowest BCUT2D eigenvalue weighted by molar-refractivity contribution is -0.155. The number of rotatable bonds is 4. The van der Waals surface area contributed by atoms with Gasteiger partial charge in [0.15, 0.2) is 0 Å². The molecule has 0 aliphatic carbocycles. The zero-order valence-corrected chi connectivity index (χ0v) is 13.4. The summed E-state index contributed by atoms with van der Waals surface area (Å²) in [7, 11) is 1.24. The van der Waals surface area contributed by atoms with Gasteiger partial charge in [0.2, 0.25) is 11.4 Å². The fourth-order valence-electron chi connectivity index (χ4n) is 3.06. The predicted octanol–water partition coefficient (Wildman–Crippen LogP) is 3.15. The van der Waals surface area contributed by atoms with Gasteiger partial charge >= 0.3 is 5.97 Å². The van der Waals surface area contributed by atoms with Gasteiger partial charge in [-0.15, -0.1) is 0 Å². The molecule has 1 heterocycles. The van der Waals surface area contributed by atoms with Crippen LogP contribution >= 0.6 is 0 Å². The molecule has 1 aliphatic heterocycles. The smallest absolute Gasteiger partial charge is 0.350 e. The number of ether oxygens (including phenoxy) is 2. The highest BCUT2D eigenvalue weighted by Crippen LogP contribution is 2.43. The van der Waals surface area contributed by atoms with Gasteiger partial charge in [-0.25, -0.2) is 4.79 Å². The summed E-state index contributed by atoms with van der Waals surface area (Å²) in [6.45, 7) is 4.24. The van der Waals surface area contributed by atoms with Crippen LogP contribution in [0.25, 0.3) is 0 Å². The number of hydrogen-bond acceptors (Lipinski definition) is 4. The normalized spacial score (nSPS) is 23.0. The Morgan fingerprint density at radius 1 is 1.08 bits per heavy atom. The van der Waals surface area contributed by atoms with Gasteiger partial charge in [0.1, 0.15) is 0 Å². The van der Waals surface area contributed by atoms with Gasteiger partial charge in [-0.3, -0.25) is 4.79 Å². The summed E-state index contributed by atoms with van der Waals surface area (Å²) in [4.78, 5) is 25.6. The Labute approximate surface area is 140 Å². The van der Waals surface area contributed by atoms with E-state index >= 15 is 0 Å². The van der Waals surface area contributed by atoms with Gasteiger partial charge in [-0.1, -0.05) is 67.2 Å². The highest BCUT2D eigenvalue weighted by Gasteiger charge is 2.57. The number of carbonyl (C=O) groups is 2. The summed E-state index contributed by atoms with van der Waals surface area (Å²) in [5, 5.41) is 0. The van der Waals surface area contributed by atoms with Crippen LogP contribution in [0.4, 0.5) is 0 Å². The predicted molar refractivity (Wildman–Crippen MR) is 89.8 cm³/mol. The Morgan fingerprint density at radius 3 is 2.25 bits per heavy atom. The molecule has 0 amide bonds. The van der Waals surface area contributed by atoms with Crippen LogP contribution in [0.3, 0.4) is 0 Å². The molecule has 1 saturated heterocycles. The number of hydrogen-bond donors (Lipinski definition) is 0. The maximum Gasteiger partial charge on any atom is 0.350 e. The second-order valence-corrected chi connectivity index (χ2v) is 5.67. The number of benzene rings is 2.